The van der Waals surface area contributed by atoms with Crippen LogP contribution in [0.2, 0.25) is 0 Å². The van der Waals surface area contributed by atoms with Crippen LogP contribution >= 0.6 is 7.60 Å². The second-order valence-electron chi connectivity index (χ2n) is 7.51. The van der Waals surface area contributed by atoms with E-state index in [1.165, 1.54) is 25.7 Å². The van der Waals surface area contributed by atoms with Gasteiger partial charge in [0.05, 0.1) is 13.2 Å². The van der Waals surface area contributed by atoms with Gasteiger partial charge in [-0.1, -0.05) is 49.9 Å². The second-order valence-corrected chi connectivity index (χ2v) is 9.43. The minimum Gasteiger partial charge on any atom is -0.303 e. The first-order valence-corrected chi connectivity index (χ1v) is 11.1. The summed E-state index contributed by atoms with van der Waals surface area (Å²) in [4.78, 5) is 13.0. The molecule has 25 heavy (non-hydrogen) atoms. The monoisotopic (exact) mass is 364 g/mol. The zero-order valence-corrected chi connectivity index (χ0v) is 16.0. The van der Waals surface area contributed by atoms with Crippen molar-refractivity contribution in [2.24, 2.45) is 11.8 Å². The lowest BCUT2D eigenvalue weighted by Gasteiger charge is -2.21. The molecule has 2 fully saturated rings. The fourth-order valence-electron chi connectivity index (χ4n) is 3.88. The minimum absolute atomic E-state index is 0.361. The highest BCUT2D eigenvalue weighted by molar-refractivity contribution is 7.72. The Morgan fingerprint density at radius 1 is 0.960 bits per heavy atom. The third-order valence-corrected chi connectivity index (χ3v) is 7.25. The number of aryl methyl sites for hydroxylation is 1. The molecule has 0 saturated heterocycles. The molecular weight excluding hydrogens is 335 g/mol. The third-order valence-electron chi connectivity index (χ3n) is 5.53. The highest BCUT2D eigenvalue weighted by atomic mass is 31.2. The van der Waals surface area contributed by atoms with E-state index in [1.807, 2.05) is 19.1 Å². The van der Waals surface area contributed by atoms with E-state index in [1.54, 1.807) is 12.1 Å². The van der Waals surface area contributed by atoms with Crippen molar-refractivity contribution >= 4 is 13.1 Å². The van der Waals surface area contributed by atoms with Gasteiger partial charge in [-0.3, -0.25) is 9.36 Å². The van der Waals surface area contributed by atoms with Gasteiger partial charge in [0.15, 0.2) is 0 Å². The van der Waals surface area contributed by atoms with Crippen LogP contribution in [0.4, 0.5) is 0 Å². The van der Waals surface area contributed by atoms with Gasteiger partial charge in [-0.15, -0.1) is 0 Å². The first kappa shape index (κ1) is 18.8. The summed E-state index contributed by atoms with van der Waals surface area (Å²) in [5, 5.41) is 0. The molecule has 0 spiro atoms. The molecule has 3 rings (SSSR count). The summed E-state index contributed by atoms with van der Waals surface area (Å²) < 4.78 is 24.8. The summed E-state index contributed by atoms with van der Waals surface area (Å²) in [5.41, 5.74) is 0.770. The minimum atomic E-state index is -3.80. The Labute approximate surface area is 150 Å². The van der Waals surface area contributed by atoms with Crippen LogP contribution in [0.1, 0.15) is 67.3 Å². The van der Waals surface area contributed by atoms with Crippen LogP contribution in [-0.4, -0.2) is 18.7 Å². The molecule has 0 aliphatic heterocycles. The van der Waals surface area contributed by atoms with Gasteiger partial charge in [0, 0.05) is 5.56 Å². The summed E-state index contributed by atoms with van der Waals surface area (Å²) in [6.07, 6.45) is 9.09. The smallest absolute Gasteiger partial charge is 0.303 e. The maximum atomic E-state index is 13.4. The van der Waals surface area contributed by atoms with E-state index in [4.69, 9.17) is 9.05 Å². The van der Waals surface area contributed by atoms with E-state index >= 15 is 0 Å². The van der Waals surface area contributed by atoms with E-state index in [2.05, 4.69) is 0 Å². The number of benzene rings is 1. The lowest BCUT2D eigenvalue weighted by molar-refractivity contribution is 0.0963. The molecule has 2 aliphatic rings. The Kier molecular flexibility index (Phi) is 6.49. The van der Waals surface area contributed by atoms with Gasteiger partial charge in [0.1, 0.15) is 0 Å². The summed E-state index contributed by atoms with van der Waals surface area (Å²) in [6, 6.07) is 7.22. The summed E-state index contributed by atoms with van der Waals surface area (Å²) >= 11 is 0. The van der Waals surface area contributed by atoms with E-state index in [9.17, 15) is 9.36 Å². The average molecular weight is 364 g/mol. The van der Waals surface area contributed by atoms with Crippen LogP contribution in [-0.2, 0) is 13.6 Å². The number of carbonyl (C=O) groups excluding carboxylic acids is 1. The quantitative estimate of drug-likeness (QED) is 0.552. The highest BCUT2D eigenvalue weighted by Crippen LogP contribution is 2.53. The topological polar surface area (TPSA) is 52.6 Å². The van der Waals surface area contributed by atoms with Crippen molar-refractivity contribution < 1.29 is 18.4 Å². The van der Waals surface area contributed by atoms with Gasteiger partial charge in [-0.25, -0.2) is 0 Å². The van der Waals surface area contributed by atoms with Crippen molar-refractivity contribution in [1.82, 2.24) is 0 Å². The normalized spacial score (nSPS) is 19.6. The fourth-order valence-corrected chi connectivity index (χ4v) is 5.55. The Morgan fingerprint density at radius 2 is 1.44 bits per heavy atom. The molecule has 4 nitrogen and oxygen atoms in total. The summed E-state index contributed by atoms with van der Waals surface area (Å²) in [5.74, 6) is 0.793. The molecule has 0 amide bonds. The Morgan fingerprint density at radius 3 is 1.92 bits per heavy atom. The first-order valence-electron chi connectivity index (χ1n) is 9.58. The molecule has 0 bridgehead atoms. The molecular formula is C20H29O4P. The molecule has 0 atom stereocenters. The van der Waals surface area contributed by atoms with Gasteiger partial charge in [-0.05, 0) is 50.0 Å². The van der Waals surface area contributed by atoms with Gasteiger partial charge in [-0.2, -0.15) is 0 Å². The molecule has 0 aromatic heterocycles. The molecule has 1 aromatic carbocycles. The lowest BCUT2D eigenvalue weighted by atomic mass is 10.1. The predicted octanol–water partition coefficient (Wildman–Crippen LogP) is 5.74. The molecule has 138 valence electrons. The average Bonchev–Trinajstić information content (AvgIpc) is 3.31. The number of hydrogen-bond acceptors (Lipinski definition) is 4. The van der Waals surface area contributed by atoms with E-state index in [-0.39, 0.29) is 0 Å². The number of hydrogen-bond donors (Lipinski definition) is 0. The molecule has 0 radical (unpaired) electrons. The van der Waals surface area contributed by atoms with Crippen LogP contribution in [0.15, 0.2) is 24.3 Å². The van der Waals surface area contributed by atoms with Crippen LogP contribution in [0.3, 0.4) is 0 Å². The molecule has 1 aromatic rings. The highest BCUT2D eigenvalue weighted by Gasteiger charge is 2.38. The van der Waals surface area contributed by atoms with E-state index in [0.29, 0.717) is 30.6 Å². The Bertz CT molecular complexity index is 606. The van der Waals surface area contributed by atoms with Gasteiger partial charge in [0.2, 0.25) is 0 Å². The maximum absolute atomic E-state index is 13.4. The van der Waals surface area contributed by atoms with Crippen LogP contribution in [0.5, 0.6) is 0 Å². The summed E-state index contributed by atoms with van der Waals surface area (Å²) in [6.45, 7) is 2.57. The third kappa shape index (κ3) is 4.81. The van der Waals surface area contributed by atoms with Crippen molar-refractivity contribution in [3.8, 4) is 0 Å². The zero-order valence-electron chi connectivity index (χ0n) is 15.1. The second kappa shape index (κ2) is 8.62. The number of carbonyl (C=O) groups is 1. The number of rotatable bonds is 8. The molecule has 5 heteroatoms. The van der Waals surface area contributed by atoms with Crippen LogP contribution < -0.4 is 0 Å². The van der Waals surface area contributed by atoms with Gasteiger partial charge in [0.25, 0.3) is 5.52 Å². The molecule has 2 aliphatic carbocycles. The van der Waals surface area contributed by atoms with Crippen molar-refractivity contribution in [2.75, 3.05) is 13.2 Å². The van der Waals surface area contributed by atoms with Crippen LogP contribution in [0, 0.1) is 18.8 Å². The standard InChI is InChI=1S/C20H29O4P/c1-16-8-2-7-13-19(16)20(21)25(22,23-14-17-9-3-4-10-17)24-15-18-11-5-6-12-18/h2,7-8,13,17-18H,3-6,9-12,14-15H2,1H3. The lowest BCUT2D eigenvalue weighted by Crippen LogP contribution is -2.15. The van der Waals surface area contributed by atoms with Crippen LogP contribution in [0.25, 0.3) is 0 Å². The Balaban J connectivity index is 1.72. The van der Waals surface area contributed by atoms with E-state index < -0.39 is 13.1 Å². The van der Waals surface area contributed by atoms with Crippen molar-refractivity contribution in [1.29, 1.82) is 0 Å². The summed E-state index contributed by atoms with van der Waals surface area (Å²) in [7, 11) is -3.80. The van der Waals surface area contributed by atoms with Crippen molar-refractivity contribution in [2.45, 2.75) is 58.3 Å². The van der Waals surface area contributed by atoms with E-state index in [0.717, 1.165) is 31.2 Å². The Hall–Kier alpha value is -0.960. The van der Waals surface area contributed by atoms with Crippen molar-refractivity contribution in [3.63, 3.8) is 0 Å². The predicted molar refractivity (Wildman–Crippen MR) is 98.9 cm³/mol. The van der Waals surface area contributed by atoms with Gasteiger partial charge < -0.3 is 9.05 Å². The SMILES string of the molecule is Cc1ccccc1C(=O)P(=O)(OCC1CCCC1)OCC1CCCC1. The largest absolute Gasteiger partial charge is 0.401 e. The molecule has 2 saturated carbocycles. The molecule has 0 heterocycles. The molecule has 0 unspecified atom stereocenters. The zero-order chi connectivity index (χ0) is 17.7. The molecule has 0 N–H and O–H groups in total. The maximum Gasteiger partial charge on any atom is 0.401 e. The van der Waals surface area contributed by atoms with Gasteiger partial charge >= 0.3 is 7.60 Å². The van der Waals surface area contributed by atoms with Crippen molar-refractivity contribution in [3.05, 3.63) is 35.4 Å². The fraction of sp³-hybridized carbons (Fsp3) is 0.650. The first-order chi connectivity index (χ1) is 12.1.